The molecule has 1 aromatic rings. The number of hydrogen-bond acceptors (Lipinski definition) is 2. The average Bonchev–Trinajstić information content (AvgIpc) is 2.26. The second-order valence-corrected chi connectivity index (χ2v) is 2.65. The quantitative estimate of drug-likeness (QED) is 0.761. The van der Waals surface area contributed by atoms with Crippen LogP contribution in [-0.4, -0.2) is 24.1 Å². The van der Waals surface area contributed by atoms with Crippen LogP contribution in [0.5, 0.6) is 0 Å². The van der Waals surface area contributed by atoms with Gasteiger partial charge in [0.15, 0.2) is 0 Å². The zero-order valence-electron chi connectivity index (χ0n) is 11.3. The van der Waals surface area contributed by atoms with Gasteiger partial charge < -0.3 is 10.4 Å². The predicted octanol–water partition coefficient (Wildman–Crippen LogP) is 1.40. The van der Waals surface area contributed by atoms with E-state index in [0.717, 1.165) is 0 Å². The van der Waals surface area contributed by atoms with Gasteiger partial charge in [-0.1, -0.05) is 30.3 Å². The van der Waals surface area contributed by atoms with Gasteiger partial charge in [-0.2, -0.15) is 0 Å². The Morgan fingerprint density at radius 2 is 2.00 bits per heavy atom. The first-order valence-electron chi connectivity index (χ1n) is 5.97. The van der Waals surface area contributed by atoms with Crippen LogP contribution in [0.1, 0.15) is 11.0 Å². The molecule has 0 saturated heterocycles. The van der Waals surface area contributed by atoms with Crippen molar-refractivity contribution in [2.75, 3.05) is 13.1 Å². The number of hydrogen-bond donors (Lipinski definition) is 2. The van der Waals surface area contributed by atoms with Crippen LogP contribution < -0.4 is 5.32 Å². The van der Waals surface area contributed by atoms with Crippen LogP contribution in [0.15, 0.2) is 30.3 Å². The summed E-state index contributed by atoms with van der Waals surface area (Å²) in [4.78, 5) is 0. The lowest BCUT2D eigenvalue weighted by atomic mass is 10.2. The van der Waals surface area contributed by atoms with Gasteiger partial charge in [-0.05, 0) is 5.56 Å². The highest BCUT2D eigenvalue weighted by atomic mass is 19.3. The summed E-state index contributed by atoms with van der Waals surface area (Å²) in [5.74, 6) is -4.57. The summed E-state index contributed by atoms with van der Waals surface area (Å²) in [6.07, 6.45) is 0. The van der Waals surface area contributed by atoms with E-state index >= 15 is 0 Å². The maximum Gasteiger partial charge on any atom is 0.282 e. The van der Waals surface area contributed by atoms with E-state index in [2.05, 4.69) is 0 Å². The van der Waals surface area contributed by atoms with Crippen molar-refractivity contribution in [3.63, 3.8) is 0 Å². The van der Waals surface area contributed by atoms with Gasteiger partial charge in [0.25, 0.3) is 5.92 Å². The molecule has 0 atom stereocenters. The number of alkyl halides is 2. The largest absolute Gasteiger partial charge is 0.390 e. The van der Waals surface area contributed by atoms with Crippen LogP contribution in [-0.2, 0) is 6.54 Å². The molecule has 0 aromatic heterocycles. The topological polar surface area (TPSA) is 32.3 Å². The monoisotopic (exact) mass is 205 g/mol. The van der Waals surface area contributed by atoms with E-state index in [9.17, 15) is 8.78 Å². The highest BCUT2D eigenvalue weighted by molar-refractivity contribution is 5.14. The van der Waals surface area contributed by atoms with Crippen molar-refractivity contribution in [3.05, 3.63) is 35.9 Å². The number of rotatable bonds is 5. The van der Waals surface area contributed by atoms with E-state index in [0.29, 0.717) is 5.56 Å². The Labute approximate surface area is 87.2 Å². The lowest BCUT2D eigenvalue weighted by molar-refractivity contribution is -0.0477. The average molecular weight is 205 g/mol. The first-order valence-corrected chi connectivity index (χ1v) is 3.97. The van der Waals surface area contributed by atoms with E-state index in [1.165, 1.54) is 0 Å². The molecule has 0 fully saturated rings. The second kappa shape index (κ2) is 5.02. The third-order valence-electron chi connectivity index (χ3n) is 1.52. The second-order valence-electron chi connectivity index (χ2n) is 2.65. The third-order valence-corrected chi connectivity index (χ3v) is 1.52. The van der Waals surface area contributed by atoms with E-state index in [4.69, 9.17) is 10.6 Å². The number of benzene rings is 1. The molecule has 0 aliphatic rings. The summed E-state index contributed by atoms with van der Waals surface area (Å²) in [6, 6.07) is 8.26. The van der Waals surface area contributed by atoms with Crippen LogP contribution >= 0.6 is 0 Å². The summed E-state index contributed by atoms with van der Waals surface area (Å²) in [6.45, 7) is -7.53. The van der Waals surface area contributed by atoms with E-state index < -0.39 is 19.0 Å². The Bertz CT molecular complexity index is 395. The number of halogens is 2. The van der Waals surface area contributed by atoms with Crippen molar-refractivity contribution in [2.24, 2.45) is 0 Å². The maximum atomic E-state index is 13.3. The van der Waals surface area contributed by atoms with Crippen molar-refractivity contribution in [2.45, 2.75) is 12.5 Å². The molecule has 2 N–H and O–H groups in total. The van der Waals surface area contributed by atoms with Crippen LogP contribution in [0.25, 0.3) is 0 Å². The van der Waals surface area contributed by atoms with E-state index in [1.807, 2.05) is 5.32 Å². The third kappa shape index (κ3) is 3.81. The Hall–Kier alpha value is -1.00. The first-order chi connectivity index (χ1) is 8.08. The zero-order chi connectivity index (χ0) is 14.0. The Kier molecular flexibility index (Phi) is 2.32. The van der Waals surface area contributed by atoms with Gasteiger partial charge in [0.05, 0.1) is 9.24 Å². The molecule has 0 saturated carbocycles. The molecule has 0 amide bonds. The first kappa shape index (κ1) is 6.48. The molecule has 0 heterocycles. The van der Waals surface area contributed by atoms with Crippen molar-refractivity contribution in [3.8, 4) is 0 Å². The molecular weight excluding hydrogens is 188 g/mol. The number of nitrogens with one attached hydrogen (secondary N) is 1. The molecule has 78 valence electrons. The van der Waals surface area contributed by atoms with Gasteiger partial charge in [-0.25, -0.2) is 8.78 Å². The minimum atomic E-state index is -4.57. The van der Waals surface area contributed by atoms with Crippen molar-refractivity contribution >= 4 is 0 Å². The Morgan fingerprint density at radius 3 is 2.57 bits per heavy atom. The number of aliphatic hydroxyl groups is 1. The fourth-order valence-electron chi connectivity index (χ4n) is 0.881. The summed E-state index contributed by atoms with van der Waals surface area (Å²) >= 11 is 0. The smallest absolute Gasteiger partial charge is 0.282 e. The van der Waals surface area contributed by atoms with Crippen molar-refractivity contribution in [1.29, 1.82) is 0 Å². The maximum absolute atomic E-state index is 13.3. The van der Waals surface area contributed by atoms with Crippen LogP contribution in [0.2, 0.25) is 0 Å². The highest BCUT2D eigenvalue weighted by Gasteiger charge is 2.26. The lowest BCUT2D eigenvalue weighted by Gasteiger charge is -2.13. The minimum Gasteiger partial charge on any atom is -0.390 e. The van der Waals surface area contributed by atoms with Crippen LogP contribution in [0, 0.1) is 0 Å². The zero-order valence-corrected chi connectivity index (χ0v) is 7.30. The van der Waals surface area contributed by atoms with E-state index in [1.54, 1.807) is 30.3 Å². The van der Waals surface area contributed by atoms with Gasteiger partial charge in [0.1, 0.15) is 6.56 Å². The van der Waals surface area contributed by atoms with E-state index in [-0.39, 0.29) is 6.54 Å². The molecule has 0 aliphatic heterocycles. The molecule has 0 radical (unpaired) electrons. The van der Waals surface area contributed by atoms with Crippen LogP contribution in [0.3, 0.4) is 0 Å². The highest BCUT2D eigenvalue weighted by Crippen LogP contribution is 2.10. The molecule has 0 aliphatic carbocycles. The minimum absolute atomic E-state index is 0.209. The summed E-state index contributed by atoms with van der Waals surface area (Å²) in [5, 5.41) is 10.6. The molecule has 1 aromatic carbocycles. The standard InChI is InChI=1S/C10H13F2NO/c11-10(12,8-14)7-13-6-9-4-2-1-3-5-9/h1-5,13-14H,6-8H2/i7D2,8D2. The fourth-order valence-corrected chi connectivity index (χ4v) is 0.881. The van der Waals surface area contributed by atoms with Crippen molar-refractivity contribution in [1.82, 2.24) is 5.32 Å². The fraction of sp³-hybridized carbons (Fsp3) is 0.400. The lowest BCUT2D eigenvalue weighted by Crippen LogP contribution is -2.35. The summed E-state index contributed by atoms with van der Waals surface area (Å²) in [5.41, 5.74) is 0.565. The molecule has 0 spiro atoms. The molecule has 0 bridgehead atoms. The van der Waals surface area contributed by atoms with Crippen molar-refractivity contribution < 1.29 is 19.4 Å². The van der Waals surface area contributed by atoms with Gasteiger partial charge in [0.2, 0.25) is 0 Å². The van der Waals surface area contributed by atoms with Gasteiger partial charge in [-0.15, -0.1) is 0 Å². The SMILES string of the molecule is [2H]C([2H])(O)C(F)(F)C([2H])([2H])NCc1ccccc1. The molecule has 4 heteroatoms. The molecule has 0 unspecified atom stereocenters. The normalized spacial score (nSPS) is 17.9. The molecule has 1 rings (SSSR count). The Balaban J connectivity index is 2.77. The molecular formula is C10H13F2NO. The molecule has 14 heavy (non-hydrogen) atoms. The Morgan fingerprint density at radius 1 is 1.36 bits per heavy atom. The summed E-state index contributed by atoms with van der Waals surface area (Å²) in [7, 11) is 0. The van der Waals surface area contributed by atoms with Gasteiger partial charge in [-0.3, -0.25) is 0 Å². The molecule has 2 nitrogen and oxygen atoms in total. The predicted molar refractivity (Wildman–Crippen MR) is 50.2 cm³/mol. The van der Waals surface area contributed by atoms with Crippen LogP contribution in [0.4, 0.5) is 8.78 Å². The summed E-state index contributed by atoms with van der Waals surface area (Å²) < 4.78 is 54.1. The van der Waals surface area contributed by atoms with Gasteiger partial charge in [0, 0.05) is 9.29 Å². The van der Waals surface area contributed by atoms with Gasteiger partial charge >= 0.3 is 0 Å².